The molecule has 9 rings (SSSR count). The largest absolute Gasteiger partial charge is 0.396 e. The topological polar surface area (TPSA) is 146 Å². The number of fused-ring (bicyclic) bond motifs is 2. The van der Waals surface area contributed by atoms with E-state index < -0.39 is 31.6 Å². The molecule has 5 heterocycles. The van der Waals surface area contributed by atoms with Gasteiger partial charge in [-0.05, 0) is 66.5 Å². The molecule has 0 unspecified atom stereocenters. The Labute approximate surface area is 360 Å². The van der Waals surface area contributed by atoms with Crippen LogP contribution in [0.3, 0.4) is 0 Å². The Morgan fingerprint density at radius 3 is 2.00 bits per heavy atom. The molecule has 13 nitrogen and oxygen atoms in total. The van der Waals surface area contributed by atoms with E-state index in [9.17, 15) is 14.7 Å². The Bertz CT molecular complexity index is 2560. The number of hydrazone groups is 2. The highest BCUT2D eigenvalue weighted by molar-refractivity contribution is 6.72. The van der Waals surface area contributed by atoms with Crippen molar-refractivity contribution in [3.05, 3.63) is 137 Å². The second-order valence-corrected chi connectivity index (χ2v) is 20.8. The Kier molecular flexibility index (Phi) is 11.0. The maximum atomic E-state index is 16.7. The van der Waals surface area contributed by atoms with Crippen LogP contribution in [0, 0.1) is 5.92 Å². The summed E-state index contributed by atoms with van der Waals surface area (Å²) in [5.74, 6) is -1.15. The van der Waals surface area contributed by atoms with Crippen molar-refractivity contribution in [2.75, 3.05) is 21.5 Å². The second kappa shape index (κ2) is 16.6. The van der Waals surface area contributed by atoms with Crippen molar-refractivity contribution in [2.24, 2.45) is 16.1 Å². The highest BCUT2D eigenvalue weighted by Crippen LogP contribution is 2.61. The van der Waals surface area contributed by atoms with Gasteiger partial charge in [0.05, 0.1) is 46.8 Å². The molecule has 4 aromatic carbocycles. The molecule has 0 saturated carbocycles. The fraction of sp³-hybridized carbons (Fsp3) is 0.340. The third kappa shape index (κ3) is 7.58. The molecule has 5 aromatic rings. The number of carbonyl (C=O) groups excluding carboxylic acids is 3. The molecule has 3 amide bonds. The number of amides is 3. The summed E-state index contributed by atoms with van der Waals surface area (Å²) in [5, 5.41) is 30.2. The zero-order valence-corrected chi connectivity index (χ0v) is 36.0. The first-order chi connectivity index (χ1) is 29.9. The molecule has 0 radical (unpaired) electrons. The fourth-order valence-electron chi connectivity index (χ4n) is 9.64. The van der Waals surface area contributed by atoms with Gasteiger partial charge in [0.25, 0.3) is 5.91 Å². The van der Waals surface area contributed by atoms with Crippen LogP contribution in [0.15, 0.2) is 120 Å². The van der Waals surface area contributed by atoms with E-state index in [1.165, 1.54) is 10.0 Å². The number of ether oxygens (including phenoxy) is 1. The molecule has 1 aromatic heterocycles. The fourth-order valence-corrected chi connectivity index (χ4v) is 12.2. The summed E-state index contributed by atoms with van der Waals surface area (Å²) in [4.78, 5) is 43.7. The molecule has 15 heteroatoms. The van der Waals surface area contributed by atoms with Gasteiger partial charge in [-0.25, -0.2) is 10.0 Å². The third-order valence-corrected chi connectivity index (χ3v) is 15.0. The quantitative estimate of drug-likeness (QED) is 0.103. The molecule has 1 fully saturated rings. The summed E-state index contributed by atoms with van der Waals surface area (Å²) in [6.45, 7) is 5.74. The molecule has 4 aliphatic heterocycles. The van der Waals surface area contributed by atoms with Crippen LogP contribution in [-0.4, -0.2) is 70.4 Å². The number of rotatable bonds is 12. The van der Waals surface area contributed by atoms with Gasteiger partial charge in [0, 0.05) is 68.5 Å². The van der Waals surface area contributed by atoms with Crippen LogP contribution in [0.1, 0.15) is 67.0 Å². The summed E-state index contributed by atoms with van der Waals surface area (Å²) < 4.78 is 25.5. The van der Waals surface area contributed by atoms with Crippen molar-refractivity contribution < 1.29 is 28.3 Å². The van der Waals surface area contributed by atoms with E-state index in [1.54, 1.807) is 34.9 Å². The van der Waals surface area contributed by atoms with Gasteiger partial charge in [0.15, 0.2) is 5.60 Å². The van der Waals surface area contributed by atoms with Crippen LogP contribution in [0.4, 0.5) is 21.2 Å². The molecule has 62 heavy (non-hydrogen) atoms. The normalized spacial score (nSPS) is 22.7. The number of nitrogens with zero attached hydrogens (tertiary/aromatic N) is 8. The van der Waals surface area contributed by atoms with E-state index in [2.05, 4.69) is 10.3 Å². The van der Waals surface area contributed by atoms with E-state index >= 15 is 8.90 Å². The maximum Gasteiger partial charge on any atom is 0.264 e. The summed E-state index contributed by atoms with van der Waals surface area (Å²) in [6, 6.07) is 32.5. The SMILES string of the molecule is C[C@H]1[C@H]([Si](C)(C)F)[C@@H](CCn2cc(CCO)nn2)O[C@]12C(=O)N(Cc1ccc(N3N=C(c4ccccc4)CCC3=O)cc1)c1ccc(N3N=C(c4ccccc4)CCC3=O)cc12. The lowest BCUT2D eigenvalue weighted by Gasteiger charge is -2.31. The van der Waals surface area contributed by atoms with Gasteiger partial charge in [-0.15, -0.1) is 5.10 Å². The van der Waals surface area contributed by atoms with Gasteiger partial charge in [0.1, 0.15) is 0 Å². The van der Waals surface area contributed by atoms with Crippen LogP contribution in [0.25, 0.3) is 0 Å². The number of aliphatic hydroxyl groups excluding tert-OH is 1. The molecule has 1 saturated heterocycles. The Morgan fingerprint density at radius 1 is 0.806 bits per heavy atom. The van der Waals surface area contributed by atoms with Crippen LogP contribution in [-0.2, 0) is 44.2 Å². The molecular weight excluding hydrogens is 804 g/mol. The first-order valence-corrected chi connectivity index (χ1v) is 24.2. The average Bonchev–Trinajstić information content (AvgIpc) is 3.93. The molecule has 1 N–H and O–H groups in total. The minimum absolute atomic E-state index is 0.0531. The second-order valence-electron chi connectivity index (χ2n) is 17.0. The van der Waals surface area contributed by atoms with Crippen molar-refractivity contribution >= 4 is 54.6 Å². The van der Waals surface area contributed by atoms with E-state index in [4.69, 9.17) is 14.9 Å². The van der Waals surface area contributed by atoms with Gasteiger partial charge in [-0.2, -0.15) is 10.2 Å². The standard InChI is InChI=1S/C47H49FN8O5Si/c1-31-45(62(2,3)48)42(24-26-53-30-35(25-27-57)49-52-53)61-47(31)38-28-37(56-44(59)23-20-40(51-56)34-12-8-5-9-13-34)18-21-41(38)54(46(47)60)29-32-14-16-36(17-15-32)55-43(58)22-19-39(50-55)33-10-6-4-7-11-33/h4-18,21,28,30-31,42,45,57H,19-20,22-27,29H2,1-3H3/t31-,42+,45-,47+/m0/s1. The highest BCUT2D eigenvalue weighted by atomic mass is 28.4. The molecule has 1 spiro atoms. The Hall–Kier alpha value is -6.16. The van der Waals surface area contributed by atoms with Crippen molar-refractivity contribution in [3.63, 3.8) is 0 Å². The van der Waals surface area contributed by atoms with Crippen LogP contribution in [0.2, 0.25) is 18.6 Å². The first-order valence-electron chi connectivity index (χ1n) is 21.3. The summed E-state index contributed by atoms with van der Waals surface area (Å²) in [5.41, 5.74) is 5.12. The maximum absolute atomic E-state index is 16.7. The van der Waals surface area contributed by atoms with Crippen LogP contribution in [0.5, 0.6) is 0 Å². The zero-order valence-electron chi connectivity index (χ0n) is 35.0. The summed E-state index contributed by atoms with van der Waals surface area (Å²) in [6.07, 6.45) is 3.53. The molecule has 318 valence electrons. The number of hydrogen-bond acceptors (Lipinski definition) is 9. The minimum atomic E-state index is -3.50. The van der Waals surface area contributed by atoms with Gasteiger partial charge in [-0.3, -0.25) is 19.1 Å². The lowest BCUT2D eigenvalue weighted by Crippen LogP contribution is -2.45. The van der Waals surface area contributed by atoms with Crippen molar-refractivity contribution in [1.82, 2.24) is 15.0 Å². The number of halogens is 1. The predicted octanol–water partition coefficient (Wildman–Crippen LogP) is 7.29. The van der Waals surface area contributed by atoms with Gasteiger partial charge in [-0.1, -0.05) is 84.9 Å². The summed E-state index contributed by atoms with van der Waals surface area (Å²) >= 11 is 0. The monoisotopic (exact) mass is 852 g/mol. The smallest absolute Gasteiger partial charge is 0.264 e. The molecule has 4 atom stereocenters. The van der Waals surface area contributed by atoms with Crippen LogP contribution < -0.4 is 14.9 Å². The third-order valence-electron chi connectivity index (χ3n) is 12.6. The zero-order chi connectivity index (χ0) is 43.2. The van der Waals surface area contributed by atoms with Gasteiger partial charge in [0.2, 0.25) is 20.2 Å². The van der Waals surface area contributed by atoms with E-state index in [0.717, 1.165) is 28.1 Å². The lowest BCUT2D eigenvalue weighted by molar-refractivity contribution is -0.146. The number of anilines is 3. The molecular formula is C47H49FN8O5Si. The van der Waals surface area contributed by atoms with Crippen LogP contribution >= 0.6 is 0 Å². The number of aliphatic hydroxyl groups is 1. The lowest BCUT2D eigenvalue weighted by atomic mass is 9.82. The van der Waals surface area contributed by atoms with Gasteiger partial charge >= 0.3 is 0 Å². The number of hydrogen-bond donors (Lipinski definition) is 1. The molecule has 4 aliphatic rings. The van der Waals surface area contributed by atoms with Crippen molar-refractivity contribution in [2.45, 2.75) is 88.9 Å². The van der Waals surface area contributed by atoms with E-state index in [-0.39, 0.29) is 37.3 Å². The number of carbonyl (C=O) groups is 3. The summed E-state index contributed by atoms with van der Waals surface area (Å²) in [7, 11) is -3.50. The Balaban J connectivity index is 1.07. The average molecular weight is 853 g/mol. The van der Waals surface area contributed by atoms with Crippen molar-refractivity contribution in [3.8, 4) is 0 Å². The molecule has 0 bridgehead atoms. The van der Waals surface area contributed by atoms with Crippen molar-refractivity contribution in [1.29, 1.82) is 0 Å². The minimum Gasteiger partial charge on any atom is -0.396 e. The van der Waals surface area contributed by atoms with E-state index in [1.807, 2.05) is 104 Å². The molecule has 0 aliphatic carbocycles. The number of aryl methyl sites for hydroxylation is 1. The van der Waals surface area contributed by atoms with E-state index in [0.29, 0.717) is 67.0 Å². The number of benzene rings is 4. The number of aromatic nitrogens is 3. The highest BCUT2D eigenvalue weighted by Gasteiger charge is 2.66. The first kappa shape index (κ1) is 41.2. The predicted molar refractivity (Wildman–Crippen MR) is 237 cm³/mol. The Morgan fingerprint density at radius 2 is 1.40 bits per heavy atom. The van der Waals surface area contributed by atoms with Gasteiger partial charge < -0.3 is 18.9 Å².